The van der Waals surface area contributed by atoms with Crippen molar-refractivity contribution in [1.82, 2.24) is 9.97 Å². The van der Waals surface area contributed by atoms with E-state index in [4.69, 9.17) is 14.3 Å². The highest BCUT2D eigenvalue weighted by Crippen LogP contribution is 2.26. The second-order valence-electron chi connectivity index (χ2n) is 5.27. The Balaban J connectivity index is 1.77. The molecule has 2 aromatic heterocycles. The number of furan rings is 1. The maximum atomic E-state index is 10.8. The largest absolute Gasteiger partial charge is 0.497 e. The van der Waals surface area contributed by atoms with Crippen molar-refractivity contribution in [3.63, 3.8) is 0 Å². The summed E-state index contributed by atoms with van der Waals surface area (Å²) in [4.78, 5) is 19.8. The van der Waals surface area contributed by atoms with Gasteiger partial charge >= 0.3 is 5.97 Å². The summed E-state index contributed by atoms with van der Waals surface area (Å²) in [5.74, 6) is 0.665. The summed E-state index contributed by atoms with van der Waals surface area (Å²) < 4.78 is 10.4. The van der Waals surface area contributed by atoms with E-state index in [0.717, 1.165) is 22.7 Å². The highest BCUT2D eigenvalue weighted by Gasteiger charge is 2.11. The van der Waals surface area contributed by atoms with Crippen molar-refractivity contribution in [2.24, 2.45) is 0 Å². The maximum absolute atomic E-state index is 10.8. The molecule has 25 heavy (non-hydrogen) atoms. The van der Waals surface area contributed by atoms with Crippen LogP contribution in [0.15, 0.2) is 52.0 Å². The van der Waals surface area contributed by atoms with Crippen LogP contribution in [0, 0.1) is 6.92 Å². The number of carbonyl (C=O) groups is 1. The zero-order valence-electron chi connectivity index (χ0n) is 13.7. The van der Waals surface area contributed by atoms with Gasteiger partial charge in [0.2, 0.25) is 5.76 Å². The van der Waals surface area contributed by atoms with Crippen LogP contribution in [0.5, 0.6) is 5.75 Å². The van der Waals surface area contributed by atoms with Crippen LogP contribution in [0.25, 0.3) is 11.3 Å². The molecule has 0 aliphatic rings. The van der Waals surface area contributed by atoms with E-state index in [0.29, 0.717) is 16.7 Å². The first-order chi connectivity index (χ1) is 12.0. The first kappa shape index (κ1) is 17.0. The Hall–Kier alpha value is -2.80. The number of carboxylic acids is 1. The van der Waals surface area contributed by atoms with Crippen LogP contribution < -0.4 is 4.74 Å². The molecule has 0 bridgehead atoms. The van der Waals surface area contributed by atoms with Crippen LogP contribution in [0.2, 0.25) is 0 Å². The van der Waals surface area contributed by atoms with Crippen molar-refractivity contribution in [2.75, 3.05) is 7.11 Å². The van der Waals surface area contributed by atoms with E-state index >= 15 is 0 Å². The first-order valence-electron chi connectivity index (χ1n) is 7.50. The van der Waals surface area contributed by atoms with Crippen molar-refractivity contribution in [3.05, 3.63) is 59.7 Å². The number of aryl methyl sites for hydroxylation is 1. The number of aromatic nitrogens is 2. The van der Waals surface area contributed by atoms with E-state index in [-0.39, 0.29) is 5.76 Å². The number of hydrogen-bond donors (Lipinski definition) is 1. The van der Waals surface area contributed by atoms with Gasteiger partial charge in [-0.05, 0) is 49.4 Å². The number of hydrogen-bond acceptors (Lipinski definition) is 6. The molecule has 128 valence electrons. The first-order valence-corrected chi connectivity index (χ1v) is 8.48. The molecule has 3 aromatic rings. The molecule has 1 aromatic carbocycles. The summed E-state index contributed by atoms with van der Waals surface area (Å²) in [6.45, 7) is 1.91. The standard InChI is InChI=1S/C18H16N2O4S/c1-11-9-15(12-3-5-13(23-2)6-4-12)20-18(19-11)25-10-14-7-8-16(24-14)17(21)22/h3-9H,10H2,1-2H3,(H,21,22). The van der Waals surface area contributed by atoms with Crippen LogP contribution in [0.4, 0.5) is 0 Å². The summed E-state index contributed by atoms with van der Waals surface area (Å²) in [5, 5.41) is 9.50. The van der Waals surface area contributed by atoms with Gasteiger partial charge in [0, 0.05) is 11.3 Å². The molecule has 1 N–H and O–H groups in total. The molecule has 6 nitrogen and oxygen atoms in total. The fourth-order valence-electron chi connectivity index (χ4n) is 2.22. The van der Waals surface area contributed by atoms with Crippen LogP contribution in [0.3, 0.4) is 0 Å². The van der Waals surface area contributed by atoms with E-state index in [1.54, 1.807) is 13.2 Å². The Bertz CT molecular complexity index is 890. The number of ether oxygens (including phenoxy) is 1. The monoisotopic (exact) mass is 356 g/mol. The molecule has 7 heteroatoms. The van der Waals surface area contributed by atoms with Gasteiger partial charge in [0.1, 0.15) is 11.5 Å². The fourth-order valence-corrected chi connectivity index (χ4v) is 3.02. The molecule has 0 radical (unpaired) electrons. The second-order valence-corrected chi connectivity index (χ2v) is 6.21. The molecule has 0 amide bonds. The minimum atomic E-state index is -1.08. The van der Waals surface area contributed by atoms with E-state index in [1.807, 2.05) is 37.3 Å². The van der Waals surface area contributed by atoms with Gasteiger partial charge in [-0.2, -0.15) is 0 Å². The topological polar surface area (TPSA) is 85.5 Å². The minimum absolute atomic E-state index is 0.0697. The van der Waals surface area contributed by atoms with E-state index in [2.05, 4.69) is 9.97 Å². The molecule has 0 aliphatic carbocycles. The highest BCUT2D eigenvalue weighted by atomic mass is 32.2. The van der Waals surface area contributed by atoms with Crippen LogP contribution in [-0.4, -0.2) is 28.2 Å². The Labute approximate surface area is 148 Å². The molecular formula is C18H16N2O4S. The fraction of sp³-hybridized carbons (Fsp3) is 0.167. The average molecular weight is 356 g/mol. The lowest BCUT2D eigenvalue weighted by molar-refractivity contribution is 0.0661. The van der Waals surface area contributed by atoms with Crippen molar-refractivity contribution < 1.29 is 19.1 Å². The molecule has 0 saturated carbocycles. The Morgan fingerprint density at radius 2 is 1.96 bits per heavy atom. The average Bonchev–Trinajstić information content (AvgIpc) is 3.09. The summed E-state index contributed by atoms with van der Waals surface area (Å²) in [5.41, 5.74) is 2.65. The lowest BCUT2D eigenvalue weighted by atomic mass is 10.1. The third-order valence-corrected chi connectivity index (χ3v) is 4.31. The van der Waals surface area contributed by atoms with Crippen molar-refractivity contribution in [3.8, 4) is 17.0 Å². The number of nitrogens with zero attached hydrogens (tertiary/aromatic N) is 2. The van der Waals surface area contributed by atoms with Gasteiger partial charge in [-0.3, -0.25) is 0 Å². The summed E-state index contributed by atoms with van der Waals surface area (Å²) in [6.07, 6.45) is 0. The van der Waals surface area contributed by atoms with Crippen molar-refractivity contribution >= 4 is 17.7 Å². The summed E-state index contributed by atoms with van der Waals surface area (Å²) >= 11 is 1.40. The quantitative estimate of drug-likeness (QED) is 0.527. The molecule has 0 aliphatic heterocycles. The van der Waals surface area contributed by atoms with Crippen LogP contribution in [0.1, 0.15) is 22.0 Å². The predicted molar refractivity (Wildman–Crippen MR) is 94.0 cm³/mol. The lowest BCUT2D eigenvalue weighted by Gasteiger charge is -2.06. The molecule has 0 atom stereocenters. The van der Waals surface area contributed by atoms with Gasteiger partial charge in [-0.25, -0.2) is 14.8 Å². The number of carboxylic acid groups (broad SMARTS) is 1. The molecular weight excluding hydrogens is 340 g/mol. The van der Waals surface area contributed by atoms with Gasteiger partial charge in [0.15, 0.2) is 5.16 Å². The van der Waals surface area contributed by atoms with Gasteiger partial charge in [-0.1, -0.05) is 11.8 Å². The molecule has 0 fully saturated rings. The van der Waals surface area contributed by atoms with Crippen molar-refractivity contribution in [2.45, 2.75) is 17.8 Å². The third kappa shape index (κ3) is 4.19. The van der Waals surface area contributed by atoms with Crippen LogP contribution in [-0.2, 0) is 5.75 Å². The molecule has 0 spiro atoms. The molecule has 0 saturated heterocycles. The Morgan fingerprint density at radius 3 is 2.60 bits per heavy atom. The van der Waals surface area contributed by atoms with Gasteiger partial charge < -0.3 is 14.3 Å². The normalized spacial score (nSPS) is 10.6. The summed E-state index contributed by atoms with van der Waals surface area (Å²) in [6, 6.07) is 12.7. The van der Waals surface area contributed by atoms with Gasteiger partial charge in [-0.15, -0.1) is 0 Å². The van der Waals surface area contributed by atoms with Gasteiger partial charge in [0.25, 0.3) is 0 Å². The number of benzene rings is 1. The number of methoxy groups -OCH3 is 1. The molecule has 2 heterocycles. The lowest BCUT2D eigenvalue weighted by Crippen LogP contribution is -1.94. The third-order valence-electron chi connectivity index (χ3n) is 3.44. The number of rotatable bonds is 6. The van der Waals surface area contributed by atoms with E-state index in [9.17, 15) is 4.79 Å². The smallest absolute Gasteiger partial charge is 0.371 e. The van der Waals surface area contributed by atoms with Crippen molar-refractivity contribution in [1.29, 1.82) is 0 Å². The van der Waals surface area contributed by atoms with Crippen LogP contribution >= 0.6 is 11.8 Å². The van der Waals surface area contributed by atoms with E-state index in [1.165, 1.54) is 17.8 Å². The Kier molecular flexibility index (Phi) is 5.04. The second kappa shape index (κ2) is 7.40. The maximum Gasteiger partial charge on any atom is 0.371 e. The van der Waals surface area contributed by atoms with E-state index < -0.39 is 5.97 Å². The van der Waals surface area contributed by atoms with Gasteiger partial charge in [0.05, 0.1) is 18.6 Å². The zero-order valence-corrected chi connectivity index (χ0v) is 14.5. The Morgan fingerprint density at radius 1 is 1.20 bits per heavy atom. The predicted octanol–water partition coefficient (Wildman–Crippen LogP) is 4.04. The number of aromatic carboxylic acids is 1. The minimum Gasteiger partial charge on any atom is -0.497 e. The molecule has 0 unspecified atom stereocenters. The molecule has 3 rings (SSSR count). The summed E-state index contributed by atoms with van der Waals surface area (Å²) in [7, 11) is 1.63. The SMILES string of the molecule is COc1ccc(-c2cc(C)nc(SCc3ccc(C(=O)O)o3)n2)cc1. The number of thioether (sulfide) groups is 1. The highest BCUT2D eigenvalue weighted by molar-refractivity contribution is 7.98. The zero-order chi connectivity index (χ0) is 17.8.